The predicted molar refractivity (Wildman–Crippen MR) is 132 cm³/mol. The molecule has 0 N–H and O–H groups in total. The van der Waals surface area contributed by atoms with E-state index in [1.807, 2.05) is 7.11 Å². The Hall–Kier alpha value is -0.687. The molecule has 0 saturated heterocycles. The summed E-state index contributed by atoms with van der Waals surface area (Å²) in [6.45, 7) is 22.8. The van der Waals surface area contributed by atoms with Gasteiger partial charge in [0.25, 0.3) is 0 Å². The zero-order chi connectivity index (χ0) is 22.6. The quantitative estimate of drug-likeness (QED) is 0.434. The summed E-state index contributed by atoms with van der Waals surface area (Å²) in [5, 5.41) is 2.58. The number of methoxy groups -OCH3 is 1. The first-order valence-corrected chi connectivity index (χ1v) is 11.1. The summed E-state index contributed by atoms with van der Waals surface area (Å²) in [6.07, 6.45) is 0. The minimum absolute atomic E-state index is 0. The number of hydrogen-bond donors (Lipinski definition) is 0. The second-order valence-corrected chi connectivity index (χ2v) is 11.9. The molecule has 0 saturated carbocycles. The molecular formula is C29H39Cl2OZr. The van der Waals surface area contributed by atoms with Crippen molar-refractivity contribution in [1.29, 1.82) is 0 Å². The van der Waals surface area contributed by atoms with Crippen molar-refractivity contribution in [2.24, 2.45) is 0 Å². The van der Waals surface area contributed by atoms with Crippen LogP contribution in [-0.4, -0.2) is 7.11 Å². The average Bonchev–Trinajstić information content (AvgIpc) is 2.97. The van der Waals surface area contributed by atoms with Gasteiger partial charge in [-0.2, -0.15) is 6.07 Å². The van der Waals surface area contributed by atoms with Crippen LogP contribution >= 0.6 is 0 Å². The summed E-state index contributed by atoms with van der Waals surface area (Å²) in [7, 11) is 1.81. The van der Waals surface area contributed by atoms with Crippen molar-refractivity contribution in [3.8, 4) is 16.9 Å². The topological polar surface area (TPSA) is 9.23 Å². The molecule has 179 valence electrons. The molecule has 0 aliphatic carbocycles. The molecule has 3 aromatic rings. The molecule has 1 nitrogen and oxygen atoms in total. The van der Waals surface area contributed by atoms with E-state index in [0.717, 1.165) is 5.75 Å². The minimum Gasteiger partial charge on any atom is -1.00 e. The Labute approximate surface area is 233 Å². The molecule has 3 aromatic carbocycles. The standard InChI is InChI=1S/C29H39O.2ClH.Zr/c1-18-12-19-16-24(29(8,9)10)26(30-11)25(23(19)13-18)20-14-21(27(2,3)4)17-22(15-20)28(5,6)7;;;/h12-17H,1-11H3;2*1H;/q-1;;;+3/p-2. The van der Waals surface area contributed by atoms with Crippen LogP contribution in [0, 0.1) is 6.92 Å². The van der Waals surface area contributed by atoms with Gasteiger partial charge in [0.1, 0.15) is 5.75 Å². The summed E-state index contributed by atoms with van der Waals surface area (Å²) in [5.41, 5.74) is 7.91. The van der Waals surface area contributed by atoms with Crippen LogP contribution in [-0.2, 0) is 42.4 Å². The monoisotopic (exact) mass is 563 g/mol. The largest absolute Gasteiger partial charge is 3.00 e. The van der Waals surface area contributed by atoms with E-state index in [1.165, 1.54) is 44.2 Å². The summed E-state index contributed by atoms with van der Waals surface area (Å²) < 4.78 is 6.13. The Balaban J connectivity index is 0.00000341. The molecule has 0 aliphatic heterocycles. The van der Waals surface area contributed by atoms with Crippen LogP contribution in [0.1, 0.15) is 84.6 Å². The molecule has 1 radical (unpaired) electrons. The van der Waals surface area contributed by atoms with Gasteiger partial charge in [0.2, 0.25) is 0 Å². The second kappa shape index (κ2) is 10.9. The van der Waals surface area contributed by atoms with Crippen LogP contribution in [0.4, 0.5) is 0 Å². The van der Waals surface area contributed by atoms with Gasteiger partial charge in [-0.3, -0.25) is 0 Å². The van der Waals surface area contributed by atoms with Gasteiger partial charge in [0.15, 0.2) is 0 Å². The molecule has 0 bridgehead atoms. The number of hydrogen-bond acceptors (Lipinski definition) is 1. The van der Waals surface area contributed by atoms with Gasteiger partial charge in [0.05, 0.1) is 7.11 Å². The molecule has 0 aromatic heterocycles. The third-order valence-corrected chi connectivity index (χ3v) is 6.07. The third-order valence-electron chi connectivity index (χ3n) is 6.07. The molecule has 0 heterocycles. The van der Waals surface area contributed by atoms with Crippen molar-refractivity contribution >= 4 is 10.8 Å². The van der Waals surface area contributed by atoms with Gasteiger partial charge in [-0.15, -0.1) is 28.5 Å². The Morgan fingerprint density at radius 2 is 1.18 bits per heavy atom. The van der Waals surface area contributed by atoms with Crippen LogP contribution in [0.15, 0.2) is 36.4 Å². The minimum atomic E-state index is -0.00600. The van der Waals surface area contributed by atoms with Crippen molar-refractivity contribution in [3.63, 3.8) is 0 Å². The fraction of sp³-hybridized carbons (Fsp3) is 0.483. The second-order valence-electron chi connectivity index (χ2n) is 11.9. The zero-order valence-electron chi connectivity index (χ0n) is 22.1. The van der Waals surface area contributed by atoms with Gasteiger partial charge in [-0.05, 0) is 44.1 Å². The molecular weight excluding hydrogens is 526 g/mol. The molecule has 0 unspecified atom stereocenters. The first-order chi connectivity index (χ1) is 13.6. The normalized spacial score (nSPS) is 12.0. The van der Waals surface area contributed by atoms with Crippen LogP contribution in [0.25, 0.3) is 21.9 Å². The van der Waals surface area contributed by atoms with Gasteiger partial charge in [-0.25, -0.2) is 0 Å². The average molecular weight is 566 g/mol. The third kappa shape index (κ3) is 6.71. The maximum atomic E-state index is 6.13. The maximum Gasteiger partial charge on any atom is 3.00 e. The van der Waals surface area contributed by atoms with E-state index in [9.17, 15) is 0 Å². The Bertz CT molecular complexity index is 1060. The first-order valence-electron chi connectivity index (χ1n) is 11.1. The number of fused-ring (bicyclic) bond motifs is 1. The molecule has 3 rings (SSSR count). The molecule has 33 heavy (non-hydrogen) atoms. The van der Waals surface area contributed by atoms with E-state index in [-0.39, 0.29) is 67.3 Å². The summed E-state index contributed by atoms with van der Waals surface area (Å²) in [6, 6.07) is 14.1. The number of halogens is 2. The van der Waals surface area contributed by atoms with Crippen molar-refractivity contribution in [1.82, 2.24) is 0 Å². The van der Waals surface area contributed by atoms with E-state index in [2.05, 4.69) is 106 Å². The molecule has 0 spiro atoms. The van der Waals surface area contributed by atoms with E-state index < -0.39 is 0 Å². The summed E-state index contributed by atoms with van der Waals surface area (Å²) in [4.78, 5) is 0. The zero-order valence-corrected chi connectivity index (χ0v) is 26.1. The number of rotatable bonds is 2. The number of benzene rings is 2. The first kappa shape index (κ1) is 32.3. The van der Waals surface area contributed by atoms with E-state index in [0.29, 0.717) is 0 Å². The Morgan fingerprint density at radius 1 is 0.697 bits per heavy atom. The summed E-state index contributed by atoms with van der Waals surface area (Å²) >= 11 is 0. The SMILES string of the molecule is COc1c(C(C)(C)C)cc2[cH-]c(C)cc2c1-c1cc(C(C)(C)C)cc(C(C)(C)C)c1.[Cl-].[Cl-].[Zr+3]. The predicted octanol–water partition coefficient (Wildman–Crippen LogP) is 2.44. The fourth-order valence-corrected chi connectivity index (χ4v) is 4.18. The van der Waals surface area contributed by atoms with Crippen molar-refractivity contribution in [2.75, 3.05) is 7.11 Å². The molecule has 0 aliphatic rings. The Morgan fingerprint density at radius 3 is 1.58 bits per heavy atom. The van der Waals surface area contributed by atoms with E-state index >= 15 is 0 Å². The summed E-state index contributed by atoms with van der Waals surface area (Å²) in [5.74, 6) is 1.01. The molecule has 0 atom stereocenters. The molecule has 4 heteroatoms. The van der Waals surface area contributed by atoms with Crippen molar-refractivity contribution in [3.05, 3.63) is 58.7 Å². The Kier molecular flexibility index (Phi) is 10.7. The maximum absolute atomic E-state index is 6.13. The van der Waals surface area contributed by atoms with Gasteiger partial charge >= 0.3 is 26.2 Å². The van der Waals surface area contributed by atoms with Crippen LogP contribution in [0.3, 0.4) is 0 Å². The van der Waals surface area contributed by atoms with Crippen LogP contribution in [0.5, 0.6) is 5.75 Å². The smallest absolute Gasteiger partial charge is 1.00 e. The van der Waals surface area contributed by atoms with E-state index in [4.69, 9.17) is 4.74 Å². The van der Waals surface area contributed by atoms with Gasteiger partial charge in [0, 0.05) is 0 Å². The molecule has 0 amide bonds. The van der Waals surface area contributed by atoms with Crippen LogP contribution < -0.4 is 29.6 Å². The van der Waals surface area contributed by atoms with Crippen molar-refractivity contribution < 1.29 is 55.8 Å². The fourth-order valence-electron chi connectivity index (χ4n) is 4.18. The molecule has 0 fully saturated rings. The van der Waals surface area contributed by atoms with Crippen molar-refractivity contribution in [2.45, 2.75) is 85.5 Å². The van der Waals surface area contributed by atoms with Crippen LogP contribution in [0.2, 0.25) is 0 Å². The number of aryl methyl sites for hydroxylation is 1. The van der Waals surface area contributed by atoms with Gasteiger partial charge < -0.3 is 29.6 Å². The number of ether oxygens (including phenoxy) is 1. The van der Waals surface area contributed by atoms with E-state index in [1.54, 1.807) is 0 Å². The van der Waals surface area contributed by atoms with Gasteiger partial charge in [-0.1, -0.05) is 87.4 Å².